The summed E-state index contributed by atoms with van der Waals surface area (Å²) in [6, 6.07) is 9.35. The molecule has 1 aliphatic rings. The number of ether oxygens (including phenoxy) is 2. The average molecular weight is 481 g/mol. The molecular weight excluding hydrogens is 454 g/mol. The lowest BCUT2D eigenvalue weighted by molar-refractivity contribution is -0.114. The van der Waals surface area contributed by atoms with Crippen LogP contribution in [0.1, 0.15) is 25.0 Å². The molecule has 10 heteroatoms. The van der Waals surface area contributed by atoms with Crippen LogP contribution in [-0.2, 0) is 21.2 Å². The molecule has 0 N–H and O–H groups in total. The van der Waals surface area contributed by atoms with Crippen molar-refractivity contribution in [3.63, 3.8) is 0 Å². The van der Waals surface area contributed by atoms with Gasteiger partial charge in [0.1, 0.15) is 0 Å². The van der Waals surface area contributed by atoms with E-state index in [1.54, 1.807) is 32.0 Å². The van der Waals surface area contributed by atoms with E-state index in [0.717, 1.165) is 5.56 Å². The van der Waals surface area contributed by atoms with E-state index in [1.165, 1.54) is 46.7 Å². The first-order valence-corrected chi connectivity index (χ1v) is 11.9. The first-order valence-electron chi connectivity index (χ1n) is 10.5. The number of hydrogen-bond acceptors (Lipinski definition) is 5. The number of hydrogen-bond donors (Lipinski definition) is 0. The smallest absolute Gasteiger partial charge is 0.387 e. The minimum Gasteiger partial charge on any atom is -0.493 e. The Balaban J connectivity index is 1.84. The maximum atomic E-state index is 12.8. The van der Waals surface area contributed by atoms with Crippen LogP contribution in [0.2, 0.25) is 0 Å². The number of methoxy groups -OCH3 is 1. The van der Waals surface area contributed by atoms with Gasteiger partial charge >= 0.3 is 6.61 Å². The fraction of sp³-hybridized carbons (Fsp3) is 0.348. The Labute approximate surface area is 192 Å². The monoisotopic (exact) mass is 480 g/mol. The number of sulfonamides is 1. The first-order chi connectivity index (χ1) is 15.7. The highest BCUT2D eigenvalue weighted by Gasteiger charge is 2.27. The number of carbonyl (C=O) groups is 1. The molecule has 0 aliphatic carbocycles. The molecule has 0 saturated carbocycles. The van der Waals surface area contributed by atoms with E-state index in [0.29, 0.717) is 31.7 Å². The maximum Gasteiger partial charge on any atom is 0.387 e. The molecule has 1 aliphatic heterocycles. The number of rotatable bonds is 9. The van der Waals surface area contributed by atoms with Gasteiger partial charge in [-0.2, -0.15) is 13.1 Å². The van der Waals surface area contributed by atoms with E-state index in [-0.39, 0.29) is 27.9 Å². The van der Waals surface area contributed by atoms with Crippen LogP contribution >= 0.6 is 0 Å². The molecule has 0 bridgehead atoms. The molecule has 0 aromatic heterocycles. The van der Waals surface area contributed by atoms with Crippen molar-refractivity contribution in [3.8, 4) is 11.5 Å². The molecule has 33 heavy (non-hydrogen) atoms. The highest BCUT2D eigenvalue weighted by atomic mass is 32.2. The van der Waals surface area contributed by atoms with Crippen LogP contribution in [0.5, 0.6) is 11.5 Å². The Hall–Kier alpha value is -2.98. The van der Waals surface area contributed by atoms with E-state index in [2.05, 4.69) is 4.74 Å². The van der Waals surface area contributed by atoms with Crippen molar-refractivity contribution in [3.05, 3.63) is 53.6 Å². The van der Waals surface area contributed by atoms with E-state index in [1.807, 2.05) is 0 Å². The largest absolute Gasteiger partial charge is 0.493 e. The first kappa shape index (κ1) is 24.7. The number of fused-ring (bicyclic) bond motifs is 1. The second-order valence-electron chi connectivity index (χ2n) is 7.21. The number of anilines is 1. The zero-order valence-corrected chi connectivity index (χ0v) is 19.4. The summed E-state index contributed by atoms with van der Waals surface area (Å²) in [6.07, 6.45) is 3.16. The molecule has 0 fully saturated rings. The minimum absolute atomic E-state index is 0.123. The summed E-state index contributed by atoms with van der Waals surface area (Å²) >= 11 is 0. The van der Waals surface area contributed by atoms with Crippen molar-refractivity contribution in [2.24, 2.45) is 0 Å². The van der Waals surface area contributed by atoms with Crippen molar-refractivity contribution in [2.75, 3.05) is 31.6 Å². The predicted molar refractivity (Wildman–Crippen MR) is 121 cm³/mol. The number of amides is 1. The second-order valence-corrected chi connectivity index (χ2v) is 9.15. The lowest BCUT2D eigenvalue weighted by Gasteiger charge is -2.20. The van der Waals surface area contributed by atoms with Crippen LogP contribution in [0.25, 0.3) is 6.08 Å². The van der Waals surface area contributed by atoms with Gasteiger partial charge in [-0.05, 0) is 42.3 Å². The molecule has 0 spiro atoms. The van der Waals surface area contributed by atoms with E-state index in [4.69, 9.17) is 4.74 Å². The van der Waals surface area contributed by atoms with Crippen molar-refractivity contribution in [1.82, 2.24) is 4.31 Å². The molecule has 0 unspecified atom stereocenters. The molecule has 3 rings (SSSR count). The number of para-hydroxylation sites is 1. The Morgan fingerprint density at radius 1 is 1.21 bits per heavy atom. The predicted octanol–water partition coefficient (Wildman–Crippen LogP) is 3.93. The van der Waals surface area contributed by atoms with Crippen LogP contribution in [0.4, 0.5) is 14.5 Å². The van der Waals surface area contributed by atoms with Gasteiger partial charge < -0.3 is 14.4 Å². The summed E-state index contributed by atoms with van der Waals surface area (Å²) in [6.45, 7) is 1.63. The summed E-state index contributed by atoms with van der Waals surface area (Å²) in [7, 11) is -2.26. The molecule has 1 amide bonds. The lowest BCUT2D eigenvalue weighted by atomic mass is 10.1. The second kappa shape index (κ2) is 10.3. The van der Waals surface area contributed by atoms with Gasteiger partial charge in [-0.15, -0.1) is 0 Å². The molecule has 0 saturated heterocycles. The zero-order chi connectivity index (χ0) is 24.2. The molecule has 0 atom stereocenters. The van der Waals surface area contributed by atoms with Gasteiger partial charge in [-0.25, -0.2) is 8.42 Å². The minimum atomic E-state index is -3.60. The van der Waals surface area contributed by atoms with Gasteiger partial charge in [0, 0.05) is 37.0 Å². The Morgan fingerprint density at radius 2 is 1.94 bits per heavy atom. The van der Waals surface area contributed by atoms with Gasteiger partial charge in [0.05, 0.1) is 12.0 Å². The average Bonchev–Trinajstić information content (AvgIpc) is 3.22. The summed E-state index contributed by atoms with van der Waals surface area (Å²) in [5, 5.41) is 0. The fourth-order valence-corrected chi connectivity index (χ4v) is 5.28. The molecule has 1 heterocycles. The Bertz CT molecular complexity index is 1150. The quantitative estimate of drug-likeness (QED) is 0.509. The summed E-state index contributed by atoms with van der Waals surface area (Å²) in [5.41, 5.74) is 1.65. The van der Waals surface area contributed by atoms with Gasteiger partial charge in [-0.1, -0.05) is 26.0 Å². The Morgan fingerprint density at radius 3 is 2.58 bits per heavy atom. The lowest BCUT2D eigenvalue weighted by Crippen LogP contribution is -2.30. The number of carbonyl (C=O) groups excluding carboxylic acids is 1. The standard InChI is InChI=1S/C23H26F2N2O5S/c1-4-26(5-2)33(29,30)18-10-11-19-17(15-18)13-14-27(19)21(28)12-9-16-7-6-8-20(31-3)22(16)32-23(24)25/h6-12,15,23H,4-5,13-14H2,1-3H3/b12-9+. The SMILES string of the molecule is CCN(CC)S(=O)(=O)c1ccc2c(c1)CCN2C(=O)/C=C/c1cccc(OC)c1OC(F)F. The number of nitrogens with zero attached hydrogens (tertiary/aromatic N) is 2. The highest BCUT2D eigenvalue weighted by Crippen LogP contribution is 2.34. The molecular formula is C23H26F2N2O5S. The van der Waals surface area contributed by atoms with E-state index >= 15 is 0 Å². The molecule has 2 aromatic rings. The van der Waals surface area contributed by atoms with Crippen molar-refractivity contribution in [1.29, 1.82) is 0 Å². The molecule has 7 nitrogen and oxygen atoms in total. The van der Waals surface area contributed by atoms with Crippen molar-refractivity contribution in [2.45, 2.75) is 31.8 Å². The van der Waals surface area contributed by atoms with Crippen LogP contribution < -0.4 is 14.4 Å². The van der Waals surface area contributed by atoms with Crippen LogP contribution in [0.3, 0.4) is 0 Å². The van der Waals surface area contributed by atoms with Crippen molar-refractivity contribution < 1.29 is 31.5 Å². The number of halogens is 2. The maximum absolute atomic E-state index is 12.8. The zero-order valence-electron chi connectivity index (χ0n) is 18.6. The van der Waals surface area contributed by atoms with Gasteiger partial charge in [0.15, 0.2) is 11.5 Å². The third-order valence-electron chi connectivity index (χ3n) is 5.40. The van der Waals surface area contributed by atoms with Crippen LogP contribution in [0.15, 0.2) is 47.4 Å². The number of alkyl halides is 2. The molecule has 2 aromatic carbocycles. The fourth-order valence-electron chi connectivity index (χ4n) is 3.77. The summed E-state index contributed by atoms with van der Waals surface area (Å²) < 4.78 is 62.2. The third kappa shape index (κ3) is 5.17. The van der Waals surface area contributed by atoms with Gasteiger partial charge in [0.2, 0.25) is 10.0 Å². The normalized spacial score (nSPS) is 13.7. The Kier molecular flexibility index (Phi) is 7.70. The summed E-state index contributed by atoms with van der Waals surface area (Å²) in [5.74, 6) is -0.399. The topological polar surface area (TPSA) is 76.2 Å². The van der Waals surface area contributed by atoms with Crippen LogP contribution in [-0.4, -0.2) is 52.0 Å². The van der Waals surface area contributed by atoms with E-state index < -0.39 is 16.6 Å². The van der Waals surface area contributed by atoms with Crippen LogP contribution in [0, 0.1) is 0 Å². The van der Waals surface area contributed by atoms with Gasteiger partial charge in [-0.3, -0.25) is 4.79 Å². The third-order valence-corrected chi connectivity index (χ3v) is 7.44. The molecule has 178 valence electrons. The van der Waals surface area contributed by atoms with Gasteiger partial charge in [0.25, 0.3) is 5.91 Å². The summed E-state index contributed by atoms with van der Waals surface area (Å²) in [4.78, 5) is 14.6. The molecule has 0 radical (unpaired) electrons. The number of benzene rings is 2. The van der Waals surface area contributed by atoms with E-state index in [9.17, 15) is 22.0 Å². The highest BCUT2D eigenvalue weighted by molar-refractivity contribution is 7.89. The van der Waals surface area contributed by atoms with Crippen molar-refractivity contribution >= 4 is 27.7 Å².